The van der Waals surface area contributed by atoms with Crippen LogP contribution in [0.1, 0.15) is 11.1 Å². The van der Waals surface area contributed by atoms with Gasteiger partial charge >= 0.3 is 0 Å². The molecule has 0 saturated heterocycles. The fraction of sp³-hybridized carbons (Fsp3) is 0.333. The number of aromatic nitrogens is 2. The number of benzene rings is 1. The number of nitrogens with one attached hydrogen (secondary N) is 1. The van der Waals surface area contributed by atoms with Gasteiger partial charge in [0.25, 0.3) is 0 Å². The van der Waals surface area contributed by atoms with Crippen LogP contribution in [-0.2, 0) is 17.6 Å². The summed E-state index contributed by atoms with van der Waals surface area (Å²) >= 11 is 5.78. The minimum absolute atomic E-state index is 0.229. The first-order chi connectivity index (χ1) is 9.71. The van der Waals surface area contributed by atoms with Gasteiger partial charge in [-0.3, -0.25) is 0 Å². The molecule has 20 heavy (non-hydrogen) atoms. The maximum Gasteiger partial charge on any atom is 0.222 e. The van der Waals surface area contributed by atoms with Gasteiger partial charge in [0.05, 0.1) is 23.0 Å². The topological polar surface area (TPSA) is 47.0 Å². The summed E-state index contributed by atoms with van der Waals surface area (Å²) in [5.74, 6) is 0.571. The maximum atomic E-state index is 5.78. The van der Waals surface area contributed by atoms with Crippen LogP contribution >= 0.6 is 11.6 Å². The van der Waals surface area contributed by atoms with E-state index in [2.05, 4.69) is 39.6 Å². The molecule has 104 valence electrons. The molecule has 1 aromatic heterocycles. The van der Waals surface area contributed by atoms with Gasteiger partial charge in [0, 0.05) is 26.5 Å². The summed E-state index contributed by atoms with van der Waals surface area (Å²) in [4.78, 5) is 8.29. The van der Waals surface area contributed by atoms with Crippen molar-refractivity contribution in [3.05, 3.63) is 52.8 Å². The maximum absolute atomic E-state index is 5.78. The molecule has 0 unspecified atom stereocenters. The van der Waals surface area contributed by atoms with Crippen LogP contribution in [0.4, 0.5) is 5.95 Å². The zero-order chi connectivity index (χ0) is 14.0. The molecule has 3 rings (SSSR count). The van der Waals surface area contributed by atoms with E-state index in [-0.39, 0.29) is 5.60 Å². The minimum atomic E-state index is -0.229. The lowest BCUT2D eigenvalue weighted by atomic mass is 10.0. The Kier molecular flexibility index (Phi) is 3.59. The molecule has 1 aliphatic rings. The summed E-state index contributed by atoms with van der Waals surface area (Å²) < 4.78 is 5.78. The van der Waals surface area contributed by atoms with Crippen molar-refractivity contribution in [1.29, 1.82) is 0 Å². The Balaban J connectivity index is 1.71. The molecular formula is C15H16ClN3O. The van der Waals surface area contributed by atoms with E-state index >= 15 is 0 Å². The normalized spacial score (nSPS) is 15.9. The summed E-state index contributed by atoms with van der Waals surface area (Å²) in [5.41, 5.74) is 2.48. The van der Waals surface area contributed by atoms with Crippen LogP contribution in [0.15, 0.2) is 36.7 Å². The molecular weight excluding hydrogens is 274 g/mol. The second-order valence-corrected chi connectivity index (χ2v) is 5.52. The van der Waals surface area contributed by atoms with E-state index in [1.807, 2.05) is 0 Å². The Labute approximate surface area is 123 Å². The summed E-state index contributed by atoms with van der Waals surface area (Å²) in [5, 5.41) is 3.77. The highest BCUT2D eigenvalue weighted by atomic mass is 35.5. The van der Waals surface area contributed by atoms with Crippen LogP contribution in [0.25, 0.3) is 0 Å². The lowest BCUT2D eigenvalue weighted by molar-refractivity contribution is 0.0102. The van der Waals surface area contributed by atoms with Crippen molar-refractivity contribution in [1.82, 2.24) is 9.97 Å². The van der Waals surface area contributed by atoms with Crippen molar-refractivity contribution in [3.63, 3.8) is 0 Å². The van der Waals surface area contributed by atoms with E-state index in [9.17, 15) is 0 Å². The summed E-state index contributed by atoms with van der Waals surface area (Å²) in [7, 11) is 1.76. The lowest BCUT2D eigenvalue weighted by Crippen LogP contribution is -2.40. The highest BCUT2D eigenvalue weighted by molar-refractivity contribution is 6.30. The van der Waals surface area contributed by atoms with Gasteiger partial charge in [-0.2, -0.15) is 0 Å². The first kappa shape index (κ1) is 13.3. The van der Waals surface area contributed by atoms with E-state index in [1.165, 1.54) is 11.1 Å². The van der Waals surface area contributed by atoms with Gasteiger partial charge in [0.1, 0.15) is 0 Å². The van der Waals surface area contributed by atoms with Gasteiger partial charge in [0.15, 0.2) is 0 Å². The van der Waals surface area contributed by atoms with Crippen LogP contribution in [0, 0.1) is 0 Å². The molecule has 2 aromatic rings. The third-order valence-electron chi connectivity index (χ3n) is 3.77. The standard InChI is InChI=1S/C15H16ClN3O/c1-20-15(6-11-4-2-3-5-12(11)7-15)10-19-14-17-8-13(16)9-18-14/h2-5,8-9H,6-7,10H2,1H3,(H,17,18,19). The van der Waals surface area contributed by atoms with Gasteiger partial charge in [-0.15, -0.1) is 0 Å². The molecule has 0 aliphatic heterocycles. The number of nitrogens with zero attached hydrogens (tertiary/aromatic N) is 2. The van der Waals surface area contributed by atoms with Gasteiger partial charge < -0.3 is 10.1 Å². The van der Waals surface area contributed by atoms with E-state index in [4.69, 9.17) is 16.3 Å². The van der Waals surface area contributed by atoms with Gasteiger partial charge in [-0.1, -0.05) is 35.9 Å². The molecule has 1 heterocycles. The Morgan fingerprint density at radius 3 is 2.35 bits per heavy atom. The molecule has 5 heteroatoms. The lowest BCUT2D eigenvalue weighted by Gasteiger charge is -2.27. The molecule has 0 saturated carbocycles. The van der Waals surface area contributed by atoms with Crippen LogP contribution in [0.5, 0.6) is 0 Å². The summed E-state index contributed by atoms with van der Waals surface area (Å²) in [6.45, 7) is 0.666. The molecule has 1 aliphatic carbocycles. The Morgan fingerprint density at radius 1 is 1.20 bits per heavy atom. The first-order valence-corrected chi connectivity index (χ1v) is 6.92. The Morgan fingerprint density at radius 2 is 1.80 bits per heavy atom. The SMILES string of the molecule is COC1(CNc2ncc(Cl)cn2)Cc2ccccc2C1. The number of halogens is 1. The van der Waals surface area contributed by atoms with Crippen LogP contribution < -0.4 is 5.32 Å². The molecule has 1 N–H and O–H groups in total. The zero-order valence-corrected chi connectivity index (χ0v) is 12.0. The van der Waals surface area contributed by atoms with Crippen molar-refractivity contribution in [2.45, 2.75) is 18.4 Å². The fourth-order valence-electron chi connectivity index (χ4n) is 2.64. The Bertz CT molecular complexity index is 575. The number of hydrogen-bond acceptors (Lipinski definition) is 4. The van der Waals surface area contributed by atoms with Crippen molar-refractivity contribution < 1.29 is 4.74 Å². The monoisotopic (exact) mass is 289 g/mol. The van der Waals surface area contributed by atoms with Crippen molar-refractivity contribution >= 4 is 17.5 Å². The third-order valence-corrected chi connectivity index (χ3v) is 3.96. The van der Waals surface area contributed by atoms with Crippen LogP contribution in [0.2, 0.25) is 5.02 Å². The predicted molar refractivity (Wildman–Crippen MR) is 79.1 cm³/mol. The minimum Gasteiger partial charge on any atom is -0.376 e. The quantitative estimate of drug-likeness (QED) is 0.940. The number of hydrogen-bond donors (Lipinski definition) is 1. The number of fused-ring (bicyclic) bond motifs is 1. The summed E-state index contributed by atoms with van der Waals surface area (Å²) in [6, 6.07) is 8.46. The predicted octanol–water partition coefficient (Wildman–Crippen LogP) is 2.73. The smallest absolute Gasteiger partial charge is 0.222 e. The first-order valence-electron chi connectivity index (χ1n) is 6.54. The molecule has 1 aromatic carbocycles. The van der Waals surface area contributed by atoms with E-state index < -0.39 is 0 Å². The van der Waals surface area contributed by atoms with E-state index in [0.717, 1.165) is 12.8 Å². The van der Waals surface area contributed by atoms with Crippen LogP contribution in [0.3, 0.4) is 0 Å². The fourth-order valence-corrected chi connectivity index (χ4v) is 2.74. The average Bonchev–Trinajstić information content (AvgIpc) is 2.86. The largest absolute Gasteiger partial charge is 0.376 e. The van der Waals surface area contributed by atoms with Crippen LogP contribution in [-0.4, -0.2) is 29.2 Å². The second kappa shape index (κ2) is 5.38. The van der Waals surface area contributed by atoms with Crippen molar-refractivity contribution in [2.24, 2.45) is 0 Å². The Hall–Kier alpha value is -1.65. The zero-order valence-electron chi connectivity index (χ0n) is 11.3. The van der Waals surface area contributed by atoms with Gasteiger partial charge in [0.2, 0.25) is 5.95 Å². The molecule has 0 bridgehead atoms. The number of anilines is 1. The third kappa shape index (κ3) is 2.62. The van der Waals surface area contributed by atoms with Crippen molar-refractivity contribution in [3.8, 4) is 0 Å². The van der Waals surface area contributed by atoms with Crippen molar-refractivity contribution in [2.75, 3.05) is 19.0 Å². The molecule has 0 spiro atoms. The molecule has 0 atom stereocenters. The van der Waals surface area contributed by atoms with E-state index in [1.54, 1.807) is 19.5 Å². The highest BCUT2D eigenvalue weighted by Gasteiger charge is 2.37. The van der Waals surface area contributed by atoms with Gasteiger partial charge in [-0.25, -0.2) is 9.97 Å². The average molecular weight is 290 g/mol. The summed E-state index contributed by atoms with van der Waals surface area (Å²) in [6.07, 6.45) is 4.97. The van der Waals surface area contributed by atoms with Gasteiger partial charge in [-0.05, 0) is 11.1 Å². The molecule has 0 amide bonds. The molecule has 0 fully saturated rings. The molecule has 4 nitrogen and oxygen atoms in total. The second-order valence-electron chi connectivity index (χ2n) is 5.09. The number of ether oxygens (including phenoxy) is 1. The number of rotatable bonds is 4. The number of methoxy groups -OCH3 is 1. The highest BCUT2D eigenvalue weighted by Crippen LogP contribution is 2.32. The molecule has 0 radical (unpaired) electrons. The van der Waals surface area contributed by atoms with E-state index in [0.29, 0.717) is 17.5 Å².